The lowest BCUT2D eigenvalue weighted by Gasteiger charge is -2.22. The van der Waals surface area contributed by atoms with Crippen LogP contribution in [0.25, 0.3) is 0 Å². The third kappa shape index (κ3) is 2.82. The summed E-state index contributed by atoms with van der Waals surface area (Å²) >= 11 is 12.2. The summed E-state index contributed by atoms with van der Waals surface area (Å²) in [7, 11) is 1.90. The number of nitrogen functional groups attached to an aromatic ring is 1. The molecule has 6 heteroatoms. The monoisotopic (exact) mass is 310 g/mol. The van der Waals surface area contributed by atoms with Gasteiger partial charge >= 0.3 is 0 Å². The Morgan fingerprint density at radius 3 is 2.45 bits per heavy atom. The largest absolute Gasteiger partial charge is 0.328 e. The molecule has 2 aromatic rings. The van der Waals surface area contributed by atoms with Gasteiger partial charge in [-0.3, -0.25) is 0 Å². The summed E-state index contributed by atoms with van der Waals surface area (Å²) in [5.74, 6) is 6.38. The number of nitrogens with one attached hydrogen (secondary N) is 1. The van der Waals surface area contributed by atoms with Crippen molar-refractivity contribution in [2.45, 2.75) is 13.8 Å². The molecule has 0 unspecified atom stereocenters. The van der Waals surface area contributed by atoms with Crippen LogP contribution < -0.4 is 16.2 Å². The lowest BCUT2D eigenvalue weighted by atomic mass is 10.1. The van der Waals surface area contributed by atoms with Crippen LogP contribution in [0.3, 0.4) is 0 Å². The molecule has 3 N–H and O–H groups in total. The van der Waals surface area contributed by atoms with Gasteiger partial charge in [0.05, 0.1) is 10.0 Å². The molecule has 0 radical (unpaired) electrons. The molecular weight excluding hydrogens is 295 g/mol. The highest BCUT2D eigenvalue weighted by molar-refractivity contribution is 6.37. The van der Waals surface area contributed by atoms with Gasteiger partial charge in [0.2, 0.25) is 0 Å². The van der Waals surface area contributed by atoms with E-state index in [0.717, 1.165) is 11.3 Å². The molecule has 0 aliphatic heterocycles. The molecule has 2 rings (SSSR count). The number of aromatic nitrogens is 1. The number of anilines is 3. The third-order valence-corrected chi connectivity index (χ3v) is 3.65. The highest BCUT2D eigenvalue weighted by Crippen LogP contribution is 2.35. The van der Waals surface area contributed by atoms with Crippen molar-refractivity contribution in [3.63, 3.8) is 0 Å². The zero-order valence-electron chi connectivity index (χ0n) is 11.5. The standard InChI is InChI=1S/C14H16Cl2N4/c1-8-4-5-12(9(2)6-8)20(3)14-11(16)7-10(15)13(18-14)19-17/h4-7H,17H2,1-3H3,(H,18,19). The second-order valence-corrected chi connectivity index (χ2v) is 5.43. The van der Waals surface area contributed by atoms with Crippen LogP contribution >= 0.6 is 23.2 Å². The molecule has 106 valence electrons. The van der Waals surface area contributed by atoms with Crippen LogP contribution in [-0.2, 0) is 0 Å². The molecule has 0 amide bonds. The van der Waals surface area contributed by atoms with E-state index in [4.69, 9.17) is 29.0 Å². The van der Waals surface area contributed by atoms with Crippen LogP contribution in [0.4, 0.5) is 17.3 Å². The van der Waals surface area contributed by atoms with Crippen LogP contribution in [-0.4, -0.2) is 12.0 Å². The number of aryl methyl sites for hydroxylation is 2. The molecule has 0 fully saturated rings. The maximum absolute atomic E-state index is 6.23. The Hall–Kier alpha value is -1.49. The second kappa shape index (κ2) is 5.87. The minimum absolute atomic E-state index is 0.385. The lowest BCUT2D eigenvalue weighted by molar-refractivity contribution is 1.10. The van der Waals surface area contributed by atoms with Crippen molar-refractivity contribution >= 4 is 40.5 Å². The van der Waals surface area contributed by atoms with E-state index >= 15 is 0 Å². The van der Waals surface area contributed by atoms with Crippen molar-refractivity contribution in [2.75, 3.05) is 17.4 Å². The van der Waals surface area contributed by atoms with Crippen molar-refractivity contribution in [1.82, 2.24) is 4.98 Å². The zero-order valence-corrected chi connectivity index (χ0v) is 13.0. The fraction of sp³-hybridized carbons (Fsp3) is 0.214. The normalized spacial score (nSPS) is 10.5. The first-order valence-electron chi connectivity index (χ1n) is 6.07. The summed E-state index contributed by atoms with van der Waals surface area (Å²) in [5, 5.41) is 0.853. The first kappa shape index (κ1) is 14.9. The van der Waals surface area contributed by atoms with Crippen molar-refractivity contribution < 1.29 is 0 Å². The van der Waals surface area contributed by atoms with Gasteiger partial charge in [-0.25, -0.2) is 10.8 Å². The van der Waals surface area contributed by atoms with E-state index in [0.29, 0.717) is 21.7 Å². The van der Waals surface area contributed by atoms with Gasteiger partial charge in [0.25, 0.3) is 0 Å². The van der Waals surface area contributed by atoms with E-state index in [-0.39, 0.29) is 0 Å². The number of halogens is 2. The zero-order chi connectivity index (χ0) is 14.9. The predicted molar refractivity (Wildman–Crippen MR) is 86.0 cm³/mol. The SMILES string of the molecule is Cc1ccc(N(C)c2nc(NN)c(Cl)cc2Cl)c(C)c1. The number of hydrogen-bond donors (Lipinski definition) is 2. The molecule has 0 aliphatic rings. The summed E-state index contributed by atoms with van der Waals surface area (Å²) in [6, 6.07) is 7.82. The van der Waals surface area contributed by atoms with E-state index in [1.165, 1.54) is 5.56 Å². The number of nitrogens with zero attached hydrogens (tertiary/aromatic N) is 2. The van der Waals surface area contributed by atoms with Gasteiger partial charge in [0.15, 0.2) is 11.6 Å². The molecule has 4 nitrogen and oxygen atoms in total. The van der Waals surface area contributed by atoms with Crippen LogP contribution in [0.5, 0.6) is 0 Å². The Kier molecular flexibility index (Phi) is 4.38. The Bertz CT molecular complexity index is 643. The molecule has 0 bridgehead atoms. The lowest BCUT2D eigenvalue weighted by Crippen LogP contribution is -2.16. The molecule has 0 spiro atoms. The van der Waals surface area contributed by atoms with Crippen molar-refractivity contribution in [1.29, 1.82) is 0 Å². The minimum atomic E-state index is 0.385. The van der Waals surface area contributed by atoms with Crippen molar-refractivity contribution in [3.05, 3.63) is 45.4 Å². The number of pyridine rings is 1. The Morgan fingerprint density at radius 1 is 1.15 bits per heavy atom. The fourth-order valence-corrected chi connectivity index (χ4v) is 2.63. The van der Waals surface area contributed by atoms with Crippen LogP contribution in [0.2, 0.25) is 10.0 Å². The maximum atomic E-state index is 6.23. The smallest absolute Gasteiger partial charge is 0.161 e. The van der Waals surface area contributed by atoms with Crippen LogP contribution in [0, 0.1) is 13.8 Å². The summed E-state index contributed by atoms with van der Waals surface area (Å²) in [6.45, 7) is 4.10. The summed E-state index contributed by atoms with van der Waals surface area (Å²) in [4.78, 5) is 6.27. The number of nitrogens with two attached hydrogens (primary N) is 1. The average Bonchev–Trinajstić information content (AvgIpc) is 2.38. The molecule has 1 aromatic heterocycles. The third-order valence-electron chi connectivity index (χ3n) is 3.08. The number of benzene rings is 1. The Balaban J connectivity index is 2.50. The maximum Gasteiger partial charge on any atom is 0.161 e. The van der Waals surface area contributed by atoms with E-state index in [2.05, 4.69) is 23.4 Å². The molecule has 0 atom stereocenters. The highest BCUT2D eigenvalue weighted by atomic mass is 35.5. The van der Waals surface area contributed by atoms with Gasteiger partial charge in [0, 0.05) is 12.7 Å². The topological polar surface area (TPSA) is 54.2 Å². The number of rotatable bonds is 3. The highest BCUT2D eigenvalue weighted by Gasteiger charge is 2.15. The van der Waals surface area contributed by atoms with Crippen LogP contribution in [0.15, 0.2) is 24.3 Å². The summed E-state index contributed by atoms with van der Waals surface area (Å²) in [6.07, 6.45) is 0. The van der Waals surface area contributed by atoms with Crippen molar-refractivity contribution in [3.8, 4) is 0 Å². The van der Waals surface area contributed by atoms with Gasteiger partial charge in [0.1, 0.15) is 0 Å². The molecule has 1 aromatic carbocycles. The molecule has 0 saturated carbocycles. The quantitative estimate of drug-likeness (QED) is 0.663. The molecule has 20 heavy (non-hydrogen) atoms. The second-order valence-electron chi connectivity index (χ2n) is 4.62. The summed E-state index contributed by atoms with van der Waals surface area (Å²) in [5.41, 5.74) is 5.84. The van der Waals surface area contributed by atoms with E-state index in [1.54, 1.807) is 6.07 Å². The van der Waals surface area contributed by atoms with Gasteiger partial charge in [-0.15, -0.1) is 0 Å². The van der Waals surface area contributed by atoms with Gasteiger partial charge in [-0.2, -0.15) is 0 Å². The number of hydrogen-bond acceptors (Lipinski definition) is 4. The molecule has 0 saturated heterocycles. The predicted octanol–water partition coefficient (Wildman–Crippen LogP) is 4.06. The number of hydrazine groups is 1. The first-order chi connectivity index (χ1) is 9.43. The van der Waals surface area contributed by atoms with Crippen molar-refractivity contribution in [2.24, 2.45) is 5.84 Å². The average molecular weight is 311 g/mol. The van der Waals surface area contributed by atoms with Crippen LogP contribution in [0.1, 0.15) is 11.1 Å². The van der Waals surface area contributed by atoms with E-state index in [9.17, 15) is 0 Å². The summed E-state index contributed by atoms with van der Waals surface area (Å²) < 4.78 is 0. The van der Waals surface area contributed by atoms with Gasteiger partial charge in [-0.05, 0) is 31.5 Å². The molecular formula is C14H16Cl2N4. The first-order valence-corrected chi connectivity index (χ1v) is 6.83. The van der Waals surface area contributed by atoms with E-state index < -0.39 is 0 Å². The Morgan fingerprint density at radius 2 is 1.85 bits per heavy atom. The molecule has 0 aliphatic carbocycles. The minimum Gasteiger partial charge on any atom is -0.328 e. The molecule has 1 heterocycles. The van der Waals surface area contributed by atoms with Gasteiger partial charge < -0.3 is 10.3 Å². The van der Waals surface area contributed by atoms with E-state index in [1.807, 2.05) is 31.0 Å². The fourth-order valence-electron chi connectivity index (χ4n) is 2.09. The Labute approximate surface area is 128 Å². The van der Waals surface area contributed by atoms with Gasteiger partial charge in [-0.1, -0.05) is 40.9 Å².